The summed E-state index contributed by atoms with van der Waals surface area (Å²) in [7, 11) is 0. The van der Waals surface area contributed by atoms with Crippen LogP contribution in [0.1, 0.15) is 25.7 Å². The Kier molecular flexibility index (Phi) is 4.70. The Balaban J connectivity index is 1.55. The Labute approximate surface area is 126 Å². The second-order valence-corrected chi connectivity index (χ2v) is 5.77. The molecule has 0 bridgehead atoms. The molecule has 0 atom stereocenters. The highest BCUT2D eigenvalue weighted by molar-refractivity contribution is 5.72. The second-order valence-electron chi connectivity index (χ2n) is 5.77. The average molecular weight is 291 g/mol. The molecule has 0 aromatic heterocycles. The minimum atomic E-state index is 0.591. The molecule has 0 amide bonds. The van der Waals surface area contributed by atoms with Crippen LogP contribution in [0, 0.1) is 0 Å². The third kappa shape index (κ3) is 3.73. The zero-order chi connectivity index (χ0) is 14.5. The van der Waals surface area contributed by atoms with Crippen LogP contribution in [-0.4, -0.2) is 44.3 Å². The largest absolute Gasteiger partial charge is 0.486 e. The van der Waals surface area contributed by atoms with Gasteiger partial charge in [-0.3, -0.25) is 0 Å². The summed E-state index contributed by atoms with van der Waals surface area (Å²) < 4.78 is 11.1. The van der Waals surface area contributed by atoms with Crippen LogP contribution in [-0.2, 0) is 0 Å². The van der Waals surface area contributed by atoms with Gasteiger partial charge in [0.05, 0.1) is 11.4 Å². The molecule has 2 heterocycles. The molecule has 1 fully saturated rings. The number of hydrogen-bond acceptors (Lipinski definition) is 5. The van der Waals surface area contributed by atoms with Crippen molar-refractivity contribution in [3.05, 3.63) is 12.1 Å². The van der Waals surface area contributed by atoms with E-state index in [9.17, 15) is 0 Å². The van der Waals surface area contributed by atoms with Crippen LogP contribution >= 0.6 is 0 Å². The van der Waals surface area contributed by atoms with Crippen molar-refractivity contribution in [1.29, 1.82) is 0 Å². The number of anilines is 2. The highest BCUT2D eigenvalue weighted by Crippen LogP contribution is 2.36. The molecule has 1 aromatic carbocycles. The lowest BCUT2D eigenvalue weighted by atomic mass is 10.2. The highest BCUT2D eigenvalue weighted by atomic mass is 16.6. The van der Waals surface area contributed by atoms with E-state index in [1.165, 1.54) is 38.8 Å². The van der Waals surface area contributed by atoms with Crippen molar-refractivity contribution in [1.82, 2.24) is 4.90 Å². The van der Waals surface area contributed by atoms with Crippen molar-refractivity contribution < 1.29 is 9.47 Å². The number of fused-ring (bicyclic) bond motifs is 1. The third-order valence-electron chi connectivity index (χ3n) is 4.16. The van der Waals surface area contributed by atoms with Crippen LogP contribution < -0.4 is 20.5 Å². The van der Waals surface area contributed by atoms with Crippen molar-refractivity contribution in [2.75, 3.05) is 50.4 Å². The molecule has 0 unspecified atom stereocenters. The fourth-order valence-corrected chi connectivity index (χ4v) is 2.97. The predicted molar refractivity (Wildman–Crippen MR) is 85.2 cm³/mol. The predicted octanol–water partition coefficient (Wildman–Crippen LogP) is 2.33. The Bertz CT molecular complexity index is 471. The topological polar surface area (TPSA) is 59.8 Å². The Morgan fingerprint density at radius 1 is 1.00 bits per heavy atom. The normalized spacial score (nSPS) is 19.0. The van der Waals surface area contributed by atoms with Gasteiger partial charge in [0.15, 0.2) is 11.5 Å². The molecule has 5 nitrogen and oxygen atoms in total. The van der Waals surface area contributed by atoms with E-state index in [0.29, 0.717) is 13.2 Å². The maximum Gasteiger partial charge on any atom is 0.163 e. The summed E-state index contributed by atoms with van der Waals surface area (Å²) in [6, 6.07) is 3.80. The van der Waals surface area contributed by atoms with Crippen molar-refractivity contribution in [3.63, 3.8) is 0 Å². The van der Waals surface area contributed by atoms with Crippen molar-refractivity contribution in [3.8, 4) is 11.5 Å². The molecule has 0 spiro atoms. The summed E-state index contributed by atoms with van der Waals surface area (Å²) >= 11 is 0. The van der Waals surface area contributed by atoms with E-state index >= 15 is 0 Å². The quantitative estimate of drug-likeness (QED) is 0.834. The molecular formula is C16H25N3O2. The van der Waals surface area contributed by atoms with E-state index in [0.717, 1.165) is 36.0 Å². The van der Waals surface area contributed by atoms with Gasteiger partial charge in [0.1, 0.15) is 13.2 Å². The fraction of sp³-hybridized carbons (Fsp3) is 0.625. The van der Waals surface area contributed by atoms with Crippen LogP contribution in [0.5, 0.6) is 11.5 Å². The molecule has 21 heavy (non-hydrogen) atoms. The fourth-order valence-electron chi connectivity index (χ4n) is 2.97. The van der Waals surface area contributed by atoms with Gasteiger partial charge in [-0.2, -0.15) is 0 Å². The molecule has 3 N–H and O–H groups in total. The molecular weight excluding hydrogens is 266 g/mol. The number of nitrogens with one attached hydrogen (secondary N) is 1. The Hall–Kier alpha value is -1.62. The van der Waals surface area contributed by atoms with Crippen molar-refractivity contribution in [2.24, 2.45) is 0 Å². The number of nitrogens with zero attached hydrogens (tertiary/aromatic N) is 1. The molecule has 1 aromatic rings. The van der Waals surface area contributed by atoms with Gasteiger partial charge in [-0.25, -0.2) is 0 Å². The van der Waals surface area contributed by atoms with E-state index < -0.39 is 0 Å². The van der Waals surface area contributed by atoms with E-state index in [1.54, 1.807) is 0 Å². The summed E-state index contributed by atoms with van der Waals surface area (Å²) in [6.45, 7) is 5.60. The maximum absolute atomic E-state index is 6.08. The molecule has 0 aliphatic carbocycles. The smallest absolute Gasteiger partial charge is 0.163 e. The lowest BCUT2D eigenvalue weighted by Gasteiger charge is -2.22. The van der Waals surface area contributed by atoms with E-state index in [1.807, 2.05) is 12.1 Å². The standard InChI is InChI=1S/C16H25N3O2/c17-13-11-15-16(21-10-9-20-15)12-14(13)18-5-8-19-6-3-1-2-4-7-19/h11-12,18H,1-10,17H2. The monoisotopic (exact) mass is 291 g/mol. The SMILES string of the molecule is Nc1cc2c(cc1NCCN1CCCCCC1)OCCO2. The Morgan fingerprint density at radius 2 is 1.67 bits per heavy atom. The number of nitrogens with two attached hydrogens (primary N) is 1. The molecule has 5 heteroatoms. The van der Waals surface area contributed by atoms with Crippen LogP contribution in [0.25, 0.3) is 0 Å². The van der Waals surface area contributed by atoms with Crippen LogP contribution in [0.2, 0.25) is 0 Å². The van der Waals surface area contributed by atoms with Gasteiger partial charge in [0, 0.05) is 25.2 Å². The van der Waals surface area contributed by atoms with Crippen LogP contribution in [0.4, 0.5) is 11.4 Å². The molecule has 2 aliphatic rings. The van der Waals surface area contributed by atoms with E-state index in [2.05, 4.69) is 10.2 Å². The van der Waals surface area contributed by atoms with Crippen LogP contribution in [0.3, 0.4) is 0 Å². The highest BCUT2D eigenvalue weighted by Gasteiger charge is 2.15. The molecule has 3 rings (SSSR count). The molecule has 1 saturated heterocycles. The van der Waals surface area contributed by atoms with Gasteiger partial charge in [-0.1, -0.05) is 12.8 Å². The summed E-state index contributed by atoms with van der Waals surface area (Å²) in [5.74, 6) is 1.53. The minimum absolute atomic E-state index is 0.591. The molecule has 0 radical (unpaired) electrons. The number of likely N-dealkylation sites (tertiary alicyclic amines) is 1. The molecule has 2 aliphatic heterocycles. The first-order valence-electron chi connectivity index (χ1n) is 7.98. The summed E-state index contributed by atoms with van der Waals surface area (Å²) in [5, 5.41) is 3.43. The number of nitrogen functional groups attached to an aromatic ring is 1. The zero-order valence-electron chi connectivity index (χ0n) is 12.6. The van der Waals surface area contributed by atoms with Gasteiger partial charge >= 0.3 is 0 Å². The number of benzene rings is 1. The summed E-state index contributed by atoms with van der Waals surface area (Å²) in [5.41, 5.74) is 7.73. The third-order valence-corrected chi connectivity index (χ3v) is 4.16. The second kappa shape index (κ2) is 6.89. The first-order chi connectivity index (χ1) is 10.3. The summed E-state index contributed by atoms with van der Waals surface area (Å²) in [4.78, 5) is 2.54. The van der Waals surface area contributed by atoms with Crippen molar-refractivity contribution >= 4 is 11.4 Å². The molecule has 116 valence electrons. The first kappa shape index (κ1) is 14.3. The Morgan fingerprint density at radius 3 is 2.38 bits per heavy atom. The van der Waals surface area contributed by atoms with E-state index in [4.69, 9.17) is 15.2 Å². The number of rotatable bonds is 4. The maximum atomic E-state index is 6.08. The average Bonchev–Trinajstić information content (AvgIpc) is 2.76. The number of ether oxygens (including phenoxy) is 2. The minimum Gasteiger partial charge on any atom is -0.486 e. The van der Waals surface area contributed by atoms with Gasteiger partial charge < -0.3 is 25.4 Å². The lowest BCUT2D eigenvalue weighted by Crippen LogP contribution is -2.30. The van der Waals surface area contributed by atoms with E-state index in [-0.39, 0.29) is 0 Å². The summed E-state index contributed by atoms with van der Waals surface area (Å²) in [6.07, 6.45) is 5.40. The van der Waals surface area contributed by atoms with Gasteiger partial charge in [0.25, 0.3) is 0 Å². The lowest BCUT2D eigenvalue weighted by molar-refractivity contribution is 0.172. The van der Waals surface area contributed by atoms with Crippen LogP contribution in [0.15, 0.2) is 12.1 Å². The van der Waals surface area contributed by atoms with Gasteiger partial charge in [-0.15, -0.1) is 0 Å². The first-order valence-corrected chi connectivity index (χ1v) is 7.98. The van der Waals surface area contributed by atoms with Gasteiger partial charge in [-0.05, 0) is 25.9 Å². The number of hydrogen-bond donors (Lipinski definition) is 2. The zero-order valence-corrected chi connectivity index (χ0v) is 12.6. The van der Waals surface area contributed by atoms with Crippen molar-refractivity contribution in [2.45, 2.75) is 25.7 Å². The van der Waals surface area contributed by atoms with Gasteiger partial charge in [0.2, 0.25) is 0 Å². The molecule has 0 saturated carbocycles.